The zero-order valence-corrected chi connectivity index (χ0v) is 15.3. The number of allylic oxidation sites excluding steroid dienone is 1. The lowest BCUT2D eigenvalue weighted by atomic mass is 9.71. The van der Waals surface area contributed by atoms with Crippen LogP contribution in [0.2, 0.25) is 0 Å². The summed E-state index contributed by atoms with van der Waals surface area (Å²) in [5.74, 6) is -2.48. The molecule has 26 heavy (non-hydrogen) atoms. The van der Waals surface area contributed by atoms with Crippen LogP contribution in [0.3, 0.4) is 0 Å². The van der Waals surface area contributed by atoms with Gasteiger partial charge in [0.15, 0.2) is 0 Å². The number of imide groups is 1. The third-order valence-corrected chi connectivity index (χ3v) is 6.28. The highest BCUT2D eigenvalue weighted by molar-refractivity contribution is 7.18. The van der Waals surface area contributed by atoms with Crippen LogP contribution in [0.1, 0.15) is 11.9 Å². The Morgan fingerprint density at radius 2 is 2.00 bits per heavy atom. The second-order valence-electron chi connectivity index (χ2n) is 6.85. The molecular weight excluding hydrogens is 350 g/mol. The predicted molar refractivity (Wildman–Crippen MR) is 98.0 cm³/mol. The molecule has 0 saturated carbocycles. The minimum atomic E-state index is -0.608. The Morgan fingerprint density at radius 1 is 1.23 bits per heavy atom. The number of benzene rings is 1. The van der Waals surface area contributed by atoms with E-state index in [-0.39, 0.29) is 23.6 Å². The van der Waals surface area contributed by atoms with Crippen molar-refractivity contribution in [2.45, 2.75) is 13.5 Å². The molecule has 4 atom stereocenters. The number of nitrogens with one attached hydrogen (secondary N) is 1. The van der Waals surface area contributed by atoms with Crippen molar-refractivity contribution in [1.82, 2.24) is 15.2 Å². The van der Waals surface area contributed by atoms with Crippen molar-refractivity contribution < 1.29 is 14.4 Å². The molecular formula is C19H19N3O3S. The van der Waals surface area contributed by atoms with E-state index in [1.807, 2.05) is 37.3 Å². The van der Waals surface area contributed by atoms with Crippen molar-refractivity contribution >= 4 is 39.3 Å². The number of aromatic nitrogens is 1. The molecule has 1 aromatic heterocycles. The number of hydrogen-bond donors (Lipinski definition) is 1. The van der Waals surface area contributed by atoms with E-state index in [0.29, 0.717) is 6.54 Å². The fourth-order valence-corrected chi connectivity index (χ4v) is 4.77. The standard InChI is InChI=1S/C19H19N3O3S/c1-10-7-8-11-16(19(25)22(2)18(11)24)15(10)17(23)20-9-14-21-12-5-3-4-6-13(12)26-14/h3-8,10-11,15-16H,9H2,1-2H3,(H,20,23)/t10-,11+,15-,16-/m1/s1. The number of amides is 3. The van der Waals surface area contributed by atoms with Crippen molar-refractivity contribution in [2.24, 2.45) is 23.7 Å². The Labute approximate surface area is 154 Å². The highest BCUT2D eigenvalue weighted by atomic mass is 32.1. The summed E-state index contributed by atoms with van der Waals surface area (Å²) in [7, 11) is 1.48. The monoisotopic (exact) mass is 369 g/mol. The third kappa shape index (κ3) is 2.63. The second kappa shape index (κ2) is 6.32. The highest BCUT2D eigenvalue weighted by Gasteiger charge is 2.53. The third-order valence-electron chi connectivity index (χ3n) is 5.25. The molecule has 1 fully saturated rings. The van der Waals surface area contributed by atoms with Gasteiger partial charge in [-0.3, -0.25) is 19.3 Å². The van der Waals surface area contributed by atoms with Gasteiger partial charge in [-0.15, -0.1) is 11.3 Å². The van der Waals surface area contributed by atoms with Gasteiger partial charge in [0, 0.05) is 7.05 Å². The molecule has 4 rings (SSSR count). The Morgan fingerprint density at radius 3 is 2.77 bits per heavy atom. The molecule has 1 aliphatic heterocycles. The van der Waals surface area contributed by atoms with E-state index in [9.17, 15) is 14.4 Å². The smallest absolute Gasteiger partial charge is 0.236 e. The summed E-state index contributed by atoms with van der Waals surface area (Å²) in [6, 6.07) is 7.82. The maximum atomic E-state index is 12.8. The number of fused-ring (bicyclic) bond motifs is 2. The van der Waals surface area contributed by atoms with Crippen LogP contribution in [0.15, 0.2) is 36.4 Å². The molecule has 0 bridgehead atoms. The van der Waals surface area contributed by atoms with Gasteiger partial charge in [-0.1, -0.05) is 31.2 Å². The normalized spacial score (nSPS) is 27.8. The number of thiazole rings is 1. The largest absolute Gasteiger partial charge is 0.349 e. The summed E-state index contributed by atoms with van der Waals surface area (Å²) >= 11 is 1.54. The summed E-state index contributed by atoms with van der Waals surface area (Å²) in [5, 5.41) is 3.74. The number of rotatable bonds is 3. The van der Waals surface area contributed by atoms with E-state index in [1.54, 1.807) is 6.08 Å². The quantitative estimate of drug-likeness (QED) is 0.663. The minimum absolute atomic E-state index is 0.102. The topological polar surface area (TPSA) is 79.4 Å². The van der Waals surface area contributed by atoms with Gasteiger partial charge in [-0.2, -0.15) is 0 Å². The maximum absolute atomic E-state index is 12.8. The van der Waals surface area contributed by atoms with Crippen molar-refractivity contribution in [1.29, 1.82) is 0 Å². The van der Waals surface area contributed by atoms with Crippen LogP contribution >= 0.6 is 11.3 Å². The number of likely N-dealkylation sites (tertiary alicyclic amines) is 1. The molecule has 1 aromatic carbocycles. The Kier molecular flexibility index (Phi) is 4.11. The lowest BCUT2D eigenvalue weighted by Crippen LogP contribution is -2.43. The van der Waals surface area contributed by atoms with Crippen molar-refractivity contribution in [2.75, 3.05) is 7.05 Å². The van der Waals surface area contributed by atoms with Gasteiger partial charge in [0.25, 0.3) is 0 Å². The highest BCUT2D eigenvalue weighted by Crippen LogP contribution is 2.40. The molecule has 2 heterocycles. The fourth-order valence-electron chi connectivity index (χ4n) is 3.86. The lowest BCUT2D eigenvalue weighted by molar-refractivity contribution is -0.141. The van der Waals surface area contributed by atoms with Crippen molar-refractivity contribution in [3.05, 3.63) is 41.4 Å². The summed E-state index contributed by atoms with van der Waals surface area (Å²) < 4.78 is 1.07. The maximum Gasteiger partial charge on any atom is 0.236 e. The van der Waals surface area contributed by atoms with E-state index in [2.05, 4.69) is 10.3 Å². The van der Waals surface area contributed by atoms with Gasteiger partial charge >= 0.3 is 0 Å². The molecule has 3 amide bonds. The number of para-hydroxylation sites is 1. The average molecular weight is 369 g/mol. The number of nitrogens with zero attached hydrogens (tertiary/aromatic N) is 2. The molecule has 2 aromatic rings. The van der Waals surface area contributed by atoms with Crippen LogP contribution in [-0.2, 0) is 20.9 Å². The number of carbonyl (C=O) groups is 3. The predicted octanol–water partition coefficient (Wildman–Crippen LogP) is 1.97. The molecule has 1 N–H and O–H groups in total. The van der Waals surface area contributed by atoms with Gasteiger partial charge < -0.3 is 5.32 Å². The van der Waals surface area contributed by atoms with E-state index in [4.69, 9.17) is 0 Å². The van der Waals surface area contributed by atoms with Gasteiger partial charge in [0.2, 0.25) is 17.7 Å². The number of carbonyl (C=O) groups excluding carboxylic acids is 3. The second-order valence-corrected chi connectivity index (χ2v) is 7.97. The summed E-state index contributed by atoms with van der Waals surface area (Å²) in [5.41, 5.74) is 0.911. The fraction of sp³-hybridized carbons (Fsp3) is 0.368. The minimum Gasteiger partial charge on any atom is -0.349 e. The summed E-state index contributed by atoms with van der Waals surface area (Å²) in [6.07, 6.45) is 3.64. The molecule has 6 nitrogen and oxygen atoms in total. The van der Waals surface area contributed by atoms with E-state index in [0.717, 1.165) is 20.1 Å². The first-order valence-electron chi connectivity index (χ1n) is 8.59. The van der Waals surface area contributed by atoms with Gasteiger partial charge in [-0.05, 0) is 18.1 Å². The van der Waals surface area contributed by atoms with Crippen LogP contribution < -0.4 is 5.32 Å². The molecule has 2 aliphatic rings. The van der Waals surface area contributed by atoms with Crippen LogP contribution in [0, 0.1) is 23.7 Å². The van der Waals surface area contributed by atoms with Crippen LogP contribution in [0.5, 0.6) is 0 Å². The first-order chi connectivity index (χ1) is 12.5. The van der Waals surface area contributed by atoms with Crippen LogP contribution in [0.25, 0.3) is 10.2 Å². The first-order valence-corrected chi connectivity index (χ1v) is 9.41. The summed E-state index contributed by atoms with van der Waals surface area (Å²) in [4.78, 5) is 43.2. The molecule has 1 aliphatic carbocycles. The van der Waals surface area contributed by atoms with E-state index < -0.39 is 17.8 Å². The Hall–Kier alpha value is -2.54. The molecule has 1 saturated heterocycles. The van der Waals surface area contributed by atoms with Gasteiger partial charge in [0.05, 0.1) is 34.5 Å². The zero-order valence-electron chi connectivity index (χ0n) is 14.5. The Balaban J connectivity index is 1.52. The molecule has 134 valence electrons. The Bertz CT molecular complexity index is 902. The molecule has 0 spiro atoms. The van der Waals surface area contributed by atoms with Crippen LogP contribution in [0.4, 0.5) is 0 Å². The zero-order chi connectivity index (χ0) is 18.4. The molecule has 0 unspecified atom stereocenters. The van der Waals surface area contributed by atoms with Gasteiger partial charge in [0.1, 0.15) is 5.01 Å². The number of hydrogen-bond acceptors (Lipinski definition) is 5. The van der Waals surface area contributed by atoms with E-state index in [1.165, 1.54) is 18.4 Å². The average Bonchev–Trinajstić information content (AvgIpc) is 3.15. The van der Waals surface area contributed by atoms with E-state index >= 15 is 0 Å². The molecule has 7 heteroatoms. The molecule has 0 radical (unpaired) electrons. The van der Waals surface area contributed by atoms with Gasteiger partial charge in [-0.25, -0.2) is 4.98 Å². The first kappa shape index (κ1) is 16.9. The van der Waals surface area contributed by atoms with Crippen molar-refractivity contribution in [3.8, 4) is 0 Å². The van der Waals surface area contributed by atoms with Crippen molar-refractivity contribution in [3.63, 3.8) is 0 Å². The lowest BCUT2D eigenvalue weighted by Gasteiger charge is -2.30. The van der Waals surface area contributed by atoms with Crippen LogP contribution in [-0.4, -0.2) is 34.7 Å². The summed E-state index contributed by atoms with van der Waals surface area (Å²) in [6.45, 7) is 2.23. The SMILES string of the molecule is C[C@@H]1C=C[C@@H]2C(=O)N(C)C(=O)[C@H]2[C@@H]1C(=O)NCc1nc2ccccc2s1.